The molecule has 2 atom stereocenters. The summed E-state index contributed by atoms with van der Waals surface area (Å²) in [6.45, 7) is 2.19. The van der Waals surface area contributed by atoms with Crippen molar-refractivity contribution in [3.8, 4) is 5.75 Å². The van der Waals surface area contributed by atoms with E-state index in [-0.39, 0.29) is 30.2 Å². The fourth-order valence-electron chi connectivity index (χ4n) is 2.53. The summed E-state index contributed by atoms with van der Waals surface area (Å²) in [5, 5.41) is -0.297. The van der Waals surface area contributed by atoms with Crippen molar-refractivity contribution < 1.29 is 22.5 Å². The first kappa shape index (κ1) is 16.1. The Bertz CT molecular complexity index is 731. The van der Waals surface area contributed by atoms with Gasteiger partial charge in [-0.05, 0) is 36.8 Å². The van der Waals surface area contributed by atoms with Gasteiger partial charge in [0.15, 0.2) is 6.79 Å². The molecule has 6 heteroatoms. The van der Waals surface area contributed by atoms with Gasteiger partial charge in [-0.1, -0.05) is 12.1 Å². The second-order valence-electron chi connectivity index (χ2n) is 5.38. The normalized spacial score (nSPS) is 16.3. The maximum Gasteiger partial charge on any atom is 0.189 e. The number of halogens is 2. The third kappa shape index (κ3) is 3.59. The Hall–Kier alpha value is -1.79. The third-order valence-electron chi connectivity index (χ3n) is 3.78. The van der Waals surface area contributed by atoms with E-state index < -0.39 is 16.6 Å². The molecule has 2 aromatic carbocycles. The molecule has 0 fully saturated rings. The Kier molecular flexibility index (Phi) is 4.73. The maximum atomic E-state index is 13.7. The molecule has 2 aromatic rings. The largest absolute Gasteiger partial charge is 0.467 e. The zero-order chi connectivity index (χ0) is 16.4. The zero-order valence-corrected chi connectivity index (χ0v) is 13.4. The first-order chi connectivity index (χ1) is 11.0. The molecule has 0 N–H and O–H groups in total. The Balaban J connectivity index is 1.82. The lowest BCUT2D eigenvalue weighted by atomic mass is 10.1. The Morgan fingerprint density at radius 1 is 1.17 bits per heavy atom. The van der Waals surface area contributed by atoms with E-state index in [1.807, 2.05) is 0 Å². The molecule has 0 amide bonds. The van der Waals surface area contributed by atoms with E-state index in [4.69, 9.17) is 9.47 Å². The van der Waals surface area contributed by atoms with Gasteiger partial charge >= 0.3 is 0 Å². The van der Waals surface area contributed by atoms with E-state index in [1.54, 1.807) is 19.1 Å². The Morgan fingerprint density at radius 3 is 2.65 bits per heavy atom. The molecule has 0 saturated heterocycles. The average Bonchev–Trinajstić information content (AvgIpc) is 2.54. The number of benzene rings is 2. The van der Waals surface area contributed by atoms with Crippen LogP contribution in [-0.2, 0) is 27.9 Å². The smallest absolute Gasteiger partial charge is 0.189 e. The van der Waals surface area contributed by atoms with Crippen LogP contribution in [0.3, 0.4) is 0 Å². The van der Waals surface area contributed by atoms with Gasteiger partial charge < -0.3 is 9.47 Å². The van der Waals surface area contributed by atoms with E-state index in [9.17, 15) is 13.0 Å². The number of hydrogen-bond acceptors (Lipinski definition) is 3. The predicted octanol–water partition coefficient (Wildman–Crippen LogP) is 3.84. The lowest BCUT2D eigenvalue weighted by molar-refractivity contribution is -0.0171. The van der Waals surface area contributed by atoms with Crippen LogP contribution in [0.1, 0.15) is 28.9 Å². The van der Waals surface area contributed by atoms with E-state index in [0.29, 0.717) is 16.9 Å². The molecule has 0 radical (unpaired) electrons. The fraction of sp³-hybridized carbons (Fsp3) is 0.294. The summed E-state index contributed by atoms with van der Waals surface area (Å²) in [4.78, 5) is 0. The number of hydrogen-bond donors (Lipinski definition) is 0. The number of rotatable bonds is 4. The van der Waals surface area contributed by atoms with Crippen LogP contribution in [0, 0.1) is 11.6 Å². The molecule has 0 aliphatic carbocycles. The van der Waals surface area contributed by atoms with E-state index >= 15 is 0 Å². The van der Waals surface area contributed by atoms with Gasteiger partial charge in [0.25, 0.3) is 0 Å². The first-order valence-electron chi connectivity index (χ1n) is 7.19. The molecule has 0 spiro atoms. The van der Waals surface area contributed by atoms with E-state index in [2.05, 4.69) is 0 Å². The molecular weight excluding hydrogens is 322 g/mol. The van der Waals surface area contributed by atoms with Crippen LogP contribution < -0.4 is 4.74 Å². The minimum atomic E-state index is -1.29. The van der Waals surface area contributed by atoms with Gasteiger partial charge in [-0.2, -0.15) is 0 Å². The molecule has 3 rings (SSSR count). The minimum absolute atomic E-state index is 0.103. The summed E-state index contributed by atoms with van der Waals surface area (Å²) in [6.07, 6.45) is 0. The molecule has 0 saturated carbocycles. The maximum absolute atomic E-state index is 13.7. The molecule has 3 nitrogen and oxygen atoms in total. The van der Waals surface area contributed by atoms with Gasteiger partial charge in [0.1, 0.15) is 17.4 Å². The van der Waals surface area contributed by atoms with E-state index in [1.165, 1.54) is 24.3 Å². The lowest BCUT2D eigenvalue weighted by Gasteiger charge is -2.21. The van der Waals surface area contributed by atoms with Crippen LogP contribution in [0.15, 0.2) is 36.4 Å². The molecule has 1 heterocycles. The van der Waals surface area contributed by atoms with Gasteiger partial charge in [0.2, 0.25) is 0 Å². The summed E-state index contributed by atoms with van der Waals surface area (Å²) in [7, 11) is -1.29. The van der Waals surface area contributed by atoms with Gasteiger partial charge in [0.05, 0.1) is 17.6 Å². The van der Waals surface area contributed by atoms with Crippen LogP contribution >= 0.6 is 0 Å². The minimum Gasteiger partial charge on any atom is -0.467 e. The van der Waals surface area contributed by atoms with Gasteiger partial charge in [-0.3, -0.25) is 4.21 Å². The van der Waals surface area contributed by atoms with Gasteiger partial charge in [-0.25, -0.2) is 8.78 Å². The standard InChI is InChI=1S/C17H16F2O3S/c1-11(12-2-4-15(18)5-3-12)23(20)9-14-7-16(19)6-13-8-21-10-22-17(13)14/h2-7,11H,8-10H2,1H3/t11-,23-/m1/s1. The highest BCUT2D eigenvalue weighted by Crippen LogP contribution is 2.32. The molecule has 1 aliphatic heterocycles. The van der Waals surface area contributed by atoms with Crippen LogP contribution in [-0.4, -0.2) is 11.0 Å². The molecule has 122 valence electrons. The van der Waals surface area contributed by atoms with Gasteiger partial charge in [0, 0.05) is 21.9 Å². The first-order valence-corrected chi connectivity index (χ1v) is 8.57. The van der Waals surface area contributed by atoms with Gasteiger partial charge in [-0.15, -0.1) is 0 Å². The number of ether oxygens (including phenoxy) is 2. The van der Waals surface area contributed by atoms with Crippen molar-refractivity contribution in [1.29, 1.82) is 0 Å². The second kappa shape index (κ2) is 6.76. The quantitative estimate of drug-likeness (QED) is 0.850. The van der Waals surface area contributed by atoms with Crippen molar-refractivity contribution in [2.75, 3.05) is 6.79 Å². The van der Waals surface area contributed by atoms with Crippen LogP contribution in [0.25, 0.3) is 0 Å². The molecule has 0 aromatic heterocycles. The highest BCUT2D eigenvalue weighted by Gasteiger charge is 2.21. The summed E-state index contributed by atoms with van der Waals surface area (Å²) in [5.74, 6) is -0.0190. The SMILES string of the molecule is C[C@H](c1ccc(F)cc1)[S@](=O)Cc1cc(F)cc2c1OCOC2. The summed E-state index contributed by atoms with van der Waals surface area (Å²) >= 11 is 0. The van der Waals surface area contributed by atoms with E-state index in [0.717, 1.165) is 5.56 Å². The van der Waals surface area contributed by atoms with Crippen molar-refractivity contribution in [2.45, 2.75) is 24.5 Å². The highest BCUT2D eigenvalue weighted by molar-refractivity contribution is 7.84. The van der Waals surface area contributed by atoms with Crippen molar-refractivity contribution in [1.82, 2.24) is 0 Å². The van der Waals surface area contributed by atoms with Crippen LogP contribution in [0.5, 0.6) is 5.75 Å². The van der Waals surface area contributed by atoms with Crippen LogP contribution in [0.2, 0.25) is 0 Å². The fourth-order valence-corrected chi connectivity index (χ4v) is 3.76. The molecule has 1 aliphatic rings. The highest BCUT2D eigenvalue weighted by atomic mass is 32.2. The van der Waals surface area contributed by atoms with Crippen molar-refractivity contribution in [2.24, 2.45) is 0 Å². The van der Waals surface area contributed by atoms with Crippen LogP contribution in [0.4, 0.5) is 8.78 Å². The zero-order valence-electron chi connectivity index (χ0n) is 12.6. The molecule has 0 unspecified atom stereocenters. The molecular formula is C17H16F2O3S. The molecule has 23 heavy (non-hydrogen) atoms. The Labute approximate surface area is 135 Å². The summed E-state index contributed by atoms with van der Waals surface area (Å²) in [5.41, 5.74) is 1.97. The number of fused-ring (bicyclic) bond motifs is 1. The summed E-state index contributed by atoms with van der Waals surface area (Å²) in [6, 6.07) is 8.62. The lowest BCUT2D eigenvalue weighted by Crippen LogP contribution is -2.15. The second-order valence-corrected chi connectivity index (χ2v) is 7.14. The topological polar surface area (TPSA) is 35.5 Å². The van der Waals surface area contributed by atoms with Crippen molar-refractivity contribution in [3.05, 3.63) is 64.7 Å². The monoisotopic (exact) mass is 338 g/mol. The Morgan fingerprint density at radius 2 is 1.91 bits per heavy atom. The predicted molar refractivity (Wildman–Crippen MR) is 83.3 cm³/mol. The third-order valence-corrected chi connectivity index (χ3v) is 5.44. The molecule has 0 bridgehead atoms. The van der Waals surface area contributed by atoms with Crippen molar-refractivity contribution >= 4 is 10.8 Å². The average molecular weight is 338 g/mol. The van der Waals surface area contributed by atoms with Crippen molar-refractivity contribution in [3.63, 3.8) is 0 Å². The summed E-state index contributed by atoms with van der Waals surface area (Å²) < 4.78 is 49.9.